The molecule has 0 aliphatic carbocycles. The maximum atomic E-state index is 6.41. The first kappa shape index (κ1) is 22.9. The van der Waals surface area contributed by atoms with Gasteiger partial charge in [-0.2, -0.15) is 0 Å². The van der Waals surface area contributed by atoms with E-state index in [0.29, 0.717) is 0 Å². The number of nitrogen functional groups attached to an aromatic ring is 1. The normalized spacial score (nSPS) is 13.0. The van der Waals surface area contributed by atoms with E-state index in [9.17, 15) is 0 Å². The highest BCUT2D eigenvalue weighted by Crippen LogP contribution is 2.36. The number of rotatable bonds is 7. The topological polar surface area (TPSA) is 26.0 Å². The van der Waals surface area contributed by atoms with Gasteiger partial charge >= 0.3 is 0 Å². The number of halogens is 1. The van der Waals surface area contributed by atoms with Gasteiger partial charge in [0.1, 0.15) is 0 Å². The molecule has 0 bridgehead atoms. The van der Waals surface area contributed by atoms with E-state index in [2.05, 4.69) is 101 Å². The van der Waals surface area contributed by atoms with Crippen molar-refractivity contribution >= 4 is 17.3 Å². The lowest BCUT2D eigenvalue weighted by atomic mass is 9.83. The summed E-state index contributed by atoms with van der Waals surface area (Å²) in [4.78, 5) is 0. The van der Waals surface area contributed by atoms with Gasteiger partial charge in [0, 0.05) is 22.2 Å². The van der Waals surface area contributed by atoms with Crippen molar-refractivity contribution < 1.29 is 0 Å². The Balaban J connectivity index is 2.01. The number of allylic oxidation sites excluding steroid dienone is 4. The molecule has 0 saturated heterocycles. The van der Waals surface area contributed by atoms with Crippen LogP contribution in [0.1, 0.15) is 48.4 Å². The van der Waals surface area contributed by atoms with E-state index in [1.807, 2.05) is 6.07 Å². The molecule has 3 rings (SSSR count). The summed E-state index contributed by atoms with van der Waals surface area (Å²) in [5.41, 5.74) is 15.9. The van der Waals surface area contributed by atoms with Crippen molar-refractivity contribution in [3.8, 4) is 11.1 Å². The summed E-state index contributed by atoms with van der Waals surface area (Å²) in [6, 6.07) is 21.3. The maximum absolute atomic E-state index is 6.41. The van der Waals surface area contributed by atoms with Gasteiger partial charge < -0.3 is 5.73 Å². The van der Waals surface area contributed by atoms with E-state index in [4.69, 9.17) is 17.3 Å². The lowest BCUT2D eigenvalue weighted by Crippen LogP contribution is -2.05. The van der Waals surface area contributed by atoms with E-state index in [0.717, 1.165) is 29.1 Å². The van der Waals surface area contributed by atoms with E-state index in [1.165, 1.54) is 33.4 Å². The fourth-order valence-corrected chi connectivity index (χ4v) is 4.61. The van der Waals surface area contributed by atoms with Crippen LogP contribution in [0.4, 0.5) is 5.69 Å². The molecule has 0 amide bonds. The fourth-order valence-electron chi connectivity index (χ4n) is 4.30. The Morgan fingerprint density at radius 2 is 1.74 bits per heavy atom. The van der Waals surface area contributed by atoms with Crippen molar-refractivity contribution in [2.24, 2.45) is 0 Å². The van der Waals surface area contributed by atoms with Crippen molar-refractivity contribution in [1.29, 1.82) is 0 Å². The number of hydrogen-bond acceptors (Lipinski definition) is 1. The summed E-state index contributed by atoms with van der Waals surface area (Å²) < 4.78 is 0. The molecule has 3 aromatic rings. The van der Waals surface area contributed by atoms with Crippen molar-refractivity contribution in [1.82, 2.24) is 0 Å². The van der Waals surface area contributed by atoms with Crippen LogP contribution in [0.25, 0.3) is 11.1 Å². The molecule has 0 aromatic heterocycles. The minimum absolute atomic E-state index is 0.281. The highest BCUT2D eigenvalue weighted by atomic mass is 35.5. The second kappa shape index (κ2) is 10.5. The van der Waals surface area contributed by atoms with Crippen LogP contribution in [0, 0.1) is 13.8 Å². The summed E-state index contributed by atoms with van der Waals surface area (Å²) in [7, 11) is 0. The van der Waals surface area contributed by atoms with Crippen molar-refractivity contribution in [3.63, 3.8) is 0 Å². The van der Waals surface area contributed by atoms with Gasteiger partial charge in [0.25, 0.3) is 0 Å². The molecule has 2 heteroatoms. The van der Waals surface area contributed by atoms with Gasteiger partial charge in [-0.3, -0.25) is 0 Å². The van der Waals surface area contributed by atoms with Crippen molar-refractivity contribution in [3.05, 3.63) is 112 Å². The van der Waals surface area contributed by atoms with E-state index >= 15 is 0 Å². The first-order valence-corrected chi connectivity index (χ1v) is 11.3. The summed E-state index contributed by atoms with van der Waals surface area (Å²) in [5, 5.41) is 0.806. The Morgan fingerprint density at radius 3 is 2.42 bits per heavy atom. The smallest absolute Gasteiger partial charge is 0.0411 e. The third kappa shape index (κ3) is 5.68. The van der Waals surface area contributed by atoms with Gasteiger partial charge in [-0.25, -0.2) is 0 Å². The van der Waals surface area contributed by atoms with Crippen LogP contribution in [0.5, 0.6) is 0 Å². The lowest BCUT2D eigenvalue weighted by Gasteiger charge is -2.21. The molecule has 0 heterocycles. The average molecular weight is 430 g/mol. The second-order valence-electron chi connectivity index (χ2n) is 8.18. The Kier molecular flexibility index (Phi) is 7.76. The zero-order chi connectivity index (χ0) is 22.4. The largest absolute Gasteiger partial charge is 0.398 e. The standard InChI is InChI=1S/C29H32ClN/c1-5-9-23(6-2)27(14-12-22-16-20(3)17-25(30)18-22)24-13-15-29(31)28(19-24)26-11-8-7-10-21(26)4/h5-11,13,15-19,27H,12,14,31H2,1-4H3/b9-5-,23-6+. The summed E-state index contributed by atoms with van der Waals surface area (Å²) in [6.45, 7) is 8.42. The first-order chi connectivity index (χ1) is 14.9. The summed E-state index contributed by atoms with van der Waals surface area (Å²) in [6.07, 6.45) is 8.52. The molecule has 0 radical (unpaired) electrons. The average Bonchev–Trinajstić information content (AvgIpc) is 2.74. The summed E-state index contributed by atoms with van der Waals surface area (Å²) in [5.74, 6) is 0.281. The quantitative estimate of drug-likeness (QED) is 0.296. The molecule has 1 unspecified atom stereocenters. The molecular weight excluding hydrogens is 398 g/mol. The monoisotopic (exact) mass is 429 g/mol. The highest BCUT2D eigenvalue weighted by Gasteiger charge is 2.17. The lowest BCUT2D eigenvalue weighted by molar-refractivity contribution is 0.713. The van der Waals surface area contributed by atoms with Crippen LogP contribution in [0.2, 0.25) is 5.02 Å². The molecule has 31 heavy (non-hydrogen) atoms. The van der Waals surface area contributed by atoms with E-state index < -0.39 is 0 Å². The number of hydrogen-bond donors (Lipinski definition) is 1. The molecule has 160 valence electrons. The Bertz CT molecular complexity index is 1090. The van der Waals surface area contributed by atoms with Gasteiger partial charge in [0.2, 0.25) is 0 Å². The van der Waals surface area contributed by atoms with Gasteiger partial charge in [-0.05, 0) is 98.2 Å². The molecule has 1 nitrogen and oxygen atoms in total. The van der Waals surface area contributed by atoms with Gasteiger partial charge in [-0.15, -0.1) is 0 Å². The molecule has 0 spiro atoms. The molecule has 0 aliphatic heterocycles. The zero-order valence-electron chi connectivity index (χ0n) is 19.0. The van der Waals surface area contributed by atoms with E-state index in [1.54, 1.807) is 0 Å². The van der Waals surface area contributed by atoms with Crippen LogP contribution in [0.3, 0.4) is 0 Å². The van der Waals surface area contributed by atoms with Gasteiger partial charge in [0.05, 0.1) is 0 Å². The number of anilines is 1. The minimum Gasteiger partial charge on any atom is -0.398 e. The van der Waals surface area contributed by atoms with E-state index in [-0.39, 0.29) is 5.92 Å². The Hall–Kier alpha value is -2.77. The second-order valence-corrected chi connectivity index (χ2v) is 8.61. The third-order valence-corrected chi connectivity index (χ3v) is 6.05. The number of aryl methyl sites for hydroxylation is 3. The molecular formula is C29H32ClN. The fraction of sp³-hybridized carbons (Fsp3) is 0.241. The van der Waals surface area contributed by atoms with Crippen LogP contribution >= 0.6 is 11.6 Å². The SMILES string of the molecule is C/C=C\C(=C/C)C(CCc1cc(C)cc(Cl)c1)c1ccc(N)c(-c2ccccc2C)c1. The molecule has 2 N–H and O–H groups in total. The first-order valence-electron chi connectivity index (χ1n) is 10.9. The molecule has 1 atom stereocenters. The number of benzene rings is 3. The number of nitrogens with two attached hydrogens (primary N) is 1. The van der Waals surface area contributed by atoms with Crippen molar-refractivity contribution in [2.45, 2.75) is 46.5 Å². The third-order valence-electron chi connectivity index (χ3n) is 5.83. The van der Waals surface area contributed by atoms with Crippen LogP contribution in [-0.4, -0.2) is 0 Å². The van der Waals surface area contributed by atoms with Crippen molar-refractivity contribution in [2.75, 3.05) is 5.73 Å². The molecule has 3 aromatic carbocycles. The van der Waals surface area contributed by atoms with Crippen LogP contribution < -0.4 is 5.73 Å². The molecule has 0 saturated carbocycles. The maximum Gasteiger partial charge on any atom is 0.0411 e. The zero-order valence-corrected chi connectivity index (χ0v) is 19.7. The predicted octanol–water partition coefficient (Wildman–Crippen LogP) is 8.44. The summed E-state index contributed by atoms with van der Waals surface area (Å²) >= 11 is 6.31. The molecule has 0 fully saturated rings. The predicted molar refractivity (Wildman–Crippen MR) is 137 cm³/mol. The van der Waals surface area contributed by atoms with Gasteiger partial charge in [-0.1, -0.05) is 66.2 Å². The minimum atomic E-state index is 0.281. The highest BCUT2D eigenvalue weighted by molar-refractivity contribution is 6.30. The van der Waals surface area contributed by atoms with Crippen LogP contribution in [0.15, 0.2) is 84.5 Å². The Morgan fingerprint density at radius 1 is 0.968 bits per heavy atom. The Labute approximate surface area is 192 Å². The van der Waals surface area contributed by atoms with Crippen LogP contribution in [-0.2, 0) is 6.42 Å². The van der Waals surface area contributed by atoms with Gasteiger partial charge in [0.15, 0.2) is 0 Å². The molecule has 0 aliphatic rings.